The van der Waals surface area contributed by atoms with Crippen LogP contribution < -0.4 is 4.90 Å². The molecule has 1 aromatic rings. The van der Waals surface area contributed by atoms with Gasteiger partial charge in [0, 0.05) is 24.8 Å². The molecule has 2 fully saturated rings. The van der Waals surface area contributed by atoms with Crippen molar-refractivity contribution < 1.29 is 9.53 Å². The standard InChI is InChI=1S/C23H35N3O2/c1-18-17-21-5-3-4-6-22(21)26(18)23(27)19(2)25-11-8-20(9-12-25)7-10-24-13-15-28-16-14-24/h3-6,18-20H,7-17H2,1-2H3. The summed E-state index contributed by atoms with van der Waals surface area (Å²) in [5.74, 6) is 1.07. The summed E-state index contributed by atoms with van der Waals surface area (Å²) in [6, 6.07) is 8.60. The molecule has 0 aliphatic carbocycles. The van der Waals surface area contributed by atoms with E-state index >= 15 is 0 Å². The summed E-state index contributed by atoms with van der Waals surface area (Å²) in [4.78, 5) is 20.3. The first-order valence-corrected chi connectivity index (χ1v) is 11.1. The van der Waals surface area contributed by atoms with Gasteiger partial charge in [0.1, 0.15) is 0 Å². The molecule has 2 unspecified atom stereocenters. The van der Waals surface area contributed by atoms with E-state index < -0.39 is 0 Å². The Labute approximate surface area is 169 Å². The van der Waals surface area contributed by atoms with E-state index in [0.29, 0.717) is 0 Å². The highest BCUT2D eigenvalue weighted by Crippen LogP contribution is 2.33. The lowest BCUT2D eigenvalue weighted by Gasteiger charge is -2.38. The molecule has 0 spiro atoms. The van der Waals surface area contributed by atoms with Crippen molar-refractivity contribution in [2.45, 2.75) is 51.6 Å². The van der Waals surface area contributed by atoms with E-state index in [9.17, 15) is 4.79 Å². The molecule has 3 aliphatic rings. The maximum Gasteiger partial charge on any atom is 0.244 e. The third-order valence-corrected chi connectivity index (χ3v) is 6.96. The number of anilines is 1. The molecule has 4 rings (SSSR count). The maximum absolute atomic E-state index is 13.3. The second-order valence-corrected chi connectivity index (χ2v) is 8.79. The normalized spacial score (nSPS) is 25.6. The number of ether oxygens (including phenoxy) is 1. The monoisotopic (exact) mass is 385 g/mol. The van der Waals surface area contributed by atoms with Gasteiger partial charge in [-0.1, -0.05) is 18.2 Å². The number of para-hydroxylation sites is 1. The Kier molecular flexibility index (Phi) is 6.34. The van der Waals surface area contributed by atoms with E-state index in [4.69, 9.17) is 4.74 Å². The van der Waals surface area contributed by atoms with Crippen LogP contribution in [0.3, 0.4) is 0 Å². The number of carbonyl (C=O) groups excluding carboxylic acids is 1. The number of fused-ring (bicyclic) bond motifs is 1. The molecule has 28 heavy (non-hydrogen) atoms. The molecule has 154 valence electrons. The fraction of sp³-hybridized carbons (Fsp3) is 0.696. The predicted molar refractivity (Wildman–Crippen MR) is 113 cm³/mol. The summed E-state index contributed by atoms with van der Waals surface area (Å²) in [6.07, 6.45) is 4.69. The Hall–Kier alpha value is -1.43. The van der Waals surface area contributed by atoms with E-state index in [-0.39, 0.29) is 18.0 Å². The van der Waals surface area contributed by atoms with Gasteiger partial charge in [0.15, 0.2) is 0 Å². The van der Waals surface area contributed by atoms with Crippen LogP contribution in [0.5, 0.6) is 0 Å². The third kappa shape index (κ3) is 4.27. The van der Waals surface area contributed by atoms with Crippen LogP contribution in [0, 0.1) is 5.92 Å². The first-order valence-electron chi connectivity index (χ1n) is 11.1. The Morgan fingerprint density at radius 1 is 1.14 bits per heavy atom. The second-order valence-electron chi connectivity index (χ2n) is 8.79. The lowest BCUT2D eigenvalue weighted by Crippen LogP contribution is -2.51. The summed E-state index contributed by atoms with van der Waals surface area (Å²) in [7, 11) is 0. The van der Waals surface area contributed by atoms with Gasteiger partial charge in [-0.3, -0.25) is 14.6 Å². The first-order chi connectivity index (χ1) is 13.6. The minimum Gasteiger partial charge on any atom is -0.379 e. The number of hydrogen-bond acceptors (Lipinski definition) is 4. The Morgan fingerprint density at radius 3 is 2.61 bits per heavy atom. The topological polar surface area (TPSA) is 36.0 Å². The highest BCUT2D eigenvalue weighted by molar-refractivity contribution is 5.99. The zero-order valence-electron chi connectivity index (χ0n) is 17.5. The average Bonchev–Trinajstić information content (AvgIpc) is 3.08. The quantitative estimate of drug-likeness (QED) is 0.781. The minimum absolute atomic E-state index is 0.0335. The summed E-state index contributed by atoms with van der Waals surface area (Å²) in [5.41, 5.74) is 2.42. The molecular formula is C23H35N3O2. The van der Waals surface area contributed by atoms with Gasteiger partial charge in [-0.15, -0.1) is 0 Å². The number of piperidine rings is 1. The van der Waals surface area contributed by atoms with Crippen molar-refractivity contribution >= 4 is 11.6 Å². The van der Waals surface area contributed by atoms with E-state index in [0.717, 1.165) is 57.4 Å². The van der Waals surface area contributed by atoms with Gasteiger partial charge in [-0.25, -0.2) is 0 Å². The van der Waals surface area contributed by atoms with Crippen LogP contribution in [0.2, 0.25) is 0 Å². The summed E-state index contributed by atoms with van der Waals surface area (Å²) >= 11 is 0. The van der Waals surface area contributed by atoms with Gasteiger partial charge in [0.05, 0.1) is 19.3 Å². The first kappa shape index (κ1) is 19.9. The number of amides is 1. The molecule has 3 aliphatic heterocycles. The number of likely N-dealkylation sites (tertiary alicyclic amines) is 1. The van der Waals surface area contributed by atoms with E-state index in [1.54, 1.807) is 0 Å². The van der Waals surface area contributed by atoms with Gasteiger partial charge in [-0.2, -0.15) is 0 Å². The summed E-state index contributed by atoms with van der Waals surface area (Å²) in [6.45, 7) is 11.5. The molecule has 3 heterocycles. The van der Waals surface area contributed by atoms with Crippen LogP contribution in [-0.2, 0) is 16.0 Å². The fourth-order valence-electron chi connectivity index (χ4n) is 5.08. The van der Waals surface area contributed by atoms with Gasteiger partial charge in [0.25, 0.3) is 0 Å². The van der Waals surface area contributed by atoms with Crippen LogP contribution in [0.4, 0.5) is 5.69 Å². The third-order valence-electron chi connectivity index (χ3n) is 6.96. The number of benzene rings is 1. The van der Waals surface area contributed by atoms with Crippen molar-refractivity contribution in [1.82, 2.24) is 9.80 Å². The number of carbonyl (C=O) groups is 1. The van der Waals surface area contributed by atoms with Crippen LogP contribution in [0.25, 0.3) is 0 Å². The van der Waals surface area contributed by atoms with Crippen molar-refractivity contribution in [2.75, 3.05) is 50.8 Å². The average molecular weight is 386 g/mol. The number of nitrogens with zero attached hydrogens (tertiary/aromatic N) is 3. The number of rotatable bonds is 5. The van der Waals surface area contributed by atoms with Crippen molar-refractivity contribution in [1.29, 1.82) is 0 Å². The van der Waals surface area contributed by atoms with Crippen LogP contribution >= 0.6 is 0 Å². The van der Waals surface area contributed by atoms with Gasteiger partial charge < -0.3 is 9.64 Å². The SMILES string of the molecule is CC(C(=O)N1c2ccccc2CC1C)N1CCC(CCN2CCOCC2)CC1. The minimum atomic E-state index is -0.0335. The maximum atomic E-state index is 13.3. The number of morpholine rings is 1. The van der Waals surface area contributed by atoms with Crippen molar-refractivity contribution in [3.8, 4) is 0 Å². The molecule has 2 saturated heterocycles. The molecule has 1 aromatic carbocycles. The van der Waals surface area contributed by atoms with Gasteiger partial charge in [-0.05, 0) is 76.7 Å². The lowest BCUT2D eigenvalue weighted by molar-refractivity contribution is -0.124. The van der Waals surface area contributed by atoms with Crippen molar-refractivity contribution in [3.05, 3.63) is 29.8 Å². The molecular weight excluding hydrogens is 350 g/mol. The molecule has 0 N–H and O–H groups in total. The molecule has 0 radical (unpaired) electrons. The smallest absolute Gasteiger partial charge is 0.244 e. The van der Waals surface area contributed by atoms with Gasteiger partial charge in [0.2, 0.25) is 5.91 Å². The molecule has 2 atom stereocenters. The van der Waals surface area contributed by atoms with Crippen LogP contribution in [0.15, 0.2) is 24.3 Å². The molecule has 0 saturated carbocycles. The Bertz CT molecular complexity index is 666. The summed E-state index contributed by atoms with van der Waals surface area (Å²) in [5, 5.41) is 0. The molecule has 0 bridgehead atoms. The Balaban J connectivity index is 1.28. The zero-order valence-corrected chi connectivity index (χ0v) is 17.5. The highest BCUT2D eigenvalue weighted by Gasteiger charge is 2.36. The van der Waals surface area contributed by atoms with Crippen LogP contribution in [0.1, 0.15) is 38.7 Å². The predicted octanol–water partition coefficient (Wildman–Crippen LogP) is 2.79. The summed E-state index contributed by atoms with van der Waals surface area (Å²) < 4.78 is 5.44. The highest BCUT2D eigenvalue weighted by atomic mass is 16.5. The molecule has 0 aromatic heterocycles. The number of hydrogen-bond donors (Lipinski definition) is 0. The Morgan fingerprint density at radius 2 is 1.86 bits per heavy atom. The molecule has 5 nitrogen and oxygen atoms in total. The lowest BCUT2D eigenvalue weighted by atomic mass is 9.92. The van der Waals surface area contributed by atoms with Crippen LogP contribution in [-0.4, -0.2) is 73.7 Å². The van der Waals surface area contributed by atoms with E-state index in [2.05, 4.69) is 41.8 Å². The molecule has 5 heteroatoms. The van der Waals surface area contributed by atoms with E-state index in [1.807, 2.05) is 11.0 Å². The zero-order chi connectivity index (χ0) is 19.5. The van der Waals surface area contributed by atoms with E-state index in [1.165, 1.54) is 31.4 Å². The van der Waals surface area contributed by atoms with Crippen molar-refractivity contribution in [3.63, 3.8) is 0 Å². The largest absolute Gasteiger partial charge is 0.379 e. The second kappa shape index (κ2) is 8.93. The van der Waals surface area contributed by atoms with Gasteiger partial charge >= 0.3 is 0 Å². The fourth-order valence-corrected chi connectivity index (χ4v) is 5.08. The van der Waals surface area contributed by atoms with Crippen molar-refractivity contribution in [2.24, 2.45) is 5.92 Å². The molecule has 1 amide bonds.